The van der Waals surface area contributed by atoms with E-state index in [9.17, 15) is 14.7 Å². The first-order valence-electron chi connectivity index (χ1n) is 8.25. The highest BCUT2D eigenvalue weighted by Crippen LogP contribution is 2.55. The van der Waals surface area contributed by atoms with Crippen molar-refractivity contribution >= 4 is 11.9 Å². The summed E-state index contributed by atoms with van der Waals surface area (Å²) >= 11 is 0. The lowest BCUT2D eigenvalue weighted by Crippen LogP contribution is -2.55. The topological polar surface area (TPSA) is 76.1 Å². The van der Waals surface area contributed by atoms with E-state index in [1.54, 1.807) is 19.1 Å². The molecule has 0 aromatic rings. The van der Waals surface area contributed by atoms with Gasteiger partial charge in [-0.1, -0.05) is 6.92 Å². The van der Waals surface area contributed by atoms with Gasteiger partial charge in [-0.3, -0.25) is 4.79 Å². The molecule has 23 heavy (non-hydrogen) atoms. The summed E-state index contributed by atoms with van der Waals surface area (Å²) < 4.78 is 11.8. The maximum absolute atomic E-state index is 12.1. The van der Waals surface area contributed by atoms with Crippen molar-refractivity contribution in [1.29, 1.82) is 0 Å². The molecule has 124 valence electrons. The molecule has 0 saturated carbocycles. The van der Waals surface area contributed by atoms with Gasteiger partial charge in [-0.25, -0.2) is 4.79 Å². The van der Waals surface area contributed by atoms with Crippen molar-refractivity contribution in [2.24, 2.45) is 11.8 Å². The highest BCUT2D eigenvalue weighted by Gasteiger charge is 2.65. The van der Waals surface area contributed by atoms with Gasteiger partial charge in [0.25, 0.3) is 0 Å². The van der Waals surface area contributed by atoms with Gasteiger partial charge in [0.2, 0.25) is 11.7 Å². The van der Waals surface area contributed by atoms with Crippen molar-refractivity contribution in [2.45, 2.75) is 50.7 Å². The fourth-order valence-corrected chi connectivity index (χ4v) is 4.69. The number of hydrogen-bond donors (Lipinski definition) is 1. The number of carbonyl (C=O) groups is 2. The van der Waals surface area contributed by atoms with Crippen molar-refractivity contribution in [3.63, 3.8) is 0 Å². The quantitative estimate of drug-likeness (QED) is 0.733. The van der Waals surface area contributed by atoms with Gasteiger partial charge in [-0.2, -0.15) is 0 Å². The molecule has 4 aliphatic heterocycles. The van der Waals surface area contributed by atoms with Crippen LogP contribution in [0.4, 0.5) is 0 Å². The van der Waals surface area contributed by atoms with Crippen LogP contribution in [0.3, 0.4) is 0 Å². The van der Waals surface area contributed by atoms with E-state index < -0.39 is 11.5 Å². The molecular formula is C17H21NO5. The largest absolute Gasteiger partial charge is 0.426 e. The van der Waals surface area contributed by atoms with E-state index in [0.29, 0.717) is 18.5 Å². The van der Waals surface area contributed by atoms with Gasteiger partial charge in [0.15, 0.2) is 5.72 Å². The number of fused-ring (bicyclic) bond motifs is 3. The van der Waals surface area contributed by atoms with Gasteiger partial charge in [-0.05, 0) is 38.3 Å². The standard InChI is InChI=1S/C17H21NO5/c1-3-11-14-12(22-17(11)9-10(2)15(20)23-17)5-4-8-18-13(19)6-7-16(14,18)21/h6-7,9,11-12,14,21H,3-5,8H2,1-2H3. The molecule has 6 nitrogen and oxygen atoms in total. The fraction of sp³-hybridized carbons (Fsp3) is 0.647. The molecule has 0 aromatic carbocycles. The van der Waals surface area contributed by atoms with Gasteiger partial charge < -0.3 is 19.5 Å². The van der Waals surface area contributed by atoms with Crippen LogP contribution in [0.2, 0.25) is 0 Å². The van der Waals surface area contributed by atoms with E-state index in [0.717, 1.165) is 12.8 Å². The third-order valence-electron chi connectivity index (χ3n) is 5.65. The molecule has 4 heterocycles. The van der Waals surface area contributed by atoms with Gasteiger partial charge in [0.05, 0.1) is 6.10 Å². The SMILES string of the molecule is CCC1C2C(CCCN3C(=O)C=CC23O)OC12C=C(C)C(=O)O2. The fourth-order valence-electron chi connectivity index (χ4n) is 4.69. The summed E-state index contributed by atoms with van der Waals surface area (Å²) in [4.78, 5) is 25.6. The Kier molecular flexibility index (Phi) is 3.03. The molecule has 6 heteroatoms. The second-order valence-electron chi connectivity index (χ2n) is 6.88. The van der Waals surface area contributed by atoms with Gasteiger partial charge >= 0.3 is 5.97 Å². The molecule has 1 spiro atoms. The van der Waals surface area contributed by atoms with Gasteiger partial charge in [0.1, 0.15) is 0 Å². The first-order valence-corrected chi connectivity index (χ1v) is 8.25. The van der Waals surface area contributed by atoms with Crippen LogP contribution in [0.1, 0.15) is 33.1 Å². The zero-order valence-corrected chi connectivity index (χ0v) is 13.3. The molecular weight excluding hydrogens is 298 g/mol. The smallest absolute Gasteiger partial charge is 0.336 e. The Labute approximate surface area is 134 Å². The molecule has 1 N–H and O–H groups in total. The van der Waals surface area contributed by atoms with E-state index in [2.05, 4.69) is 0 Å². The Bertz CT molecular complexity index is 641. The van der Waals surface area contributed by atoms with Crippen molar-refractivity contribution < 1.29 is 24.2 Å². The Morgan fingerprint density at radius 3 is 2.87 bits per heavy atom. The molecule has 4 rings (SSSR count). The minimum Gasteiger partial charge on any atom is -0.426 e. The first-order chi connectivity index (χ1) is 10.9. The molecule has 2 fully saturated rings. The summed E-state index contributed by atoms with van der Waals surface area (Å²) in [5.74, 6) is -2.16. The van der Waals surface area contributed by atoms with E-state index in [-0.39, 0.29) is 29.8 Å². The number of rotatable bonds is 1. The molecule has 2 saturated heterocycles. The first kappa shape index (κ1) is 14.9. The number of ether oxygens (including phenoxy) is 2. The summed E-state index contributed by atoms with van der Waals surface area (Å²) in [7, 11) is 0. The Hall–Kier alpha value is -1.66. The molecule has 0 aromatic heterocycles. The van der Waals surface area contributed by atoms with Crippen molar-refractivity contribution in [3.05, 3.63) is 23.8 Å². The van der Waals surface area contributed by atoms with Crippen molar-refractivity contribution in [3.8, 4) is 0 Å². The van der Waals surface area contributed by atoms with Crippen LogP contribution in [0, 0.1) is 11.8 Å². The molecule has 5 unspecified atom stereocenters. The average Bonchev–Trinajstić information content (AvgIpc) is 3.03. The Balaban J connectivity index is 1.79. The normalized spacial score (nSPS) is 45.1. The maximum Gasteiger partial charge on any atom is 0.336 e. The van der Waals surface area contributed by atoms with Crippen LogP contribution in [-0.2, 0) is 19.1 Å². The number of aliphatic hydroxyl groups is 1. The predicted octanol–water partition coefficient (Wildman–Crippen LogP) is 1.11. The summed E-state index contributed by atoms with van der Waals surface area (Å²) in [6.07, 6.45) is 6.66. The van der Waals surface area contributed by atoms with Crippen LogP contribution in [0.15, 0.2) is 23.8 Å². The number of esters is 1. The number of hydrogen-bond acceptors (Lipinski definition) is 5. The molecule has 5 atom stereocenters. The van der Waals surface area contributed by atoms with Crippen molar-refractivity contribution in [1.82, 2.24) is 4.90 Å². The van der Waals surface area contributed by atoms with Crippen LogP contribution in [0.5, 0.6) is 0 Å². The number of nitrogens with zero attached hydrogens (tertiary/aromatic N) is 1. The van der Waals surface area contributed by atoms with Crippen LogP contribution in [0.25, 0.3) is 0 Å². The summed E-state index contributed by atoms with van der Waals surface area (Å²) in [6.45, 7) is 4.21. The minimum atomic E-state index is -1.36. The summed E-state index contributed by atoms with van der Waals surface area (Å²) in [5.41, 5.74) is -0.832. The second-order valence-corrected chi connectivity index (χ2v) is 6.88. The van der Waals surface area contributed by atoms with E-state index in [1.807, 2.05) is 6.92 Å². The average molecular weight is 319 g/mol. The monoisotopic (exact) mass is 319 g/mol. The number of carbonyl (C=O) groups excluding carboxylic acids is 2. The zero-order valence-electron chi connectivity index (χ0n) is 13.3. The molecule has 1 amide bonds. The highest BCUT2D eigenvalue weighted by molar-refractivity contribution is 5.92. The Morgan fingerprint density at radius 2 is 2.22 bits per heavy atom. The van der Waals surface area contributed by atoms with E-state index in [1.165, 1.54) is 11.0 Å². The summed E-state index contributed by atoms with van der Waals surface area (Å²) in [6, 6.07) is 0. The van der Waals surface area contributed by atoms with Crippen LogP contribution in [-0.4, -0.2) is 46.0 Å². The van der Waals surface area contributed by atoms with Gasteiger partial charge in [-0.15, -0.1) is 0 Å². The molecule has 0 aliphatic carbocycles. The predicted molar refractivity (Wildman–Crippen MR) is 79.8 cm³/mol. The maximum atomic E-state index is 12.1. The van der Waals surface area contributed by atoms with Gasteiger partial charge in [0, 0.05) is 30.0 Å². The number of amides is 1. The highest BCUT2D eigenvalue weighted by atomic mass is 16.7. The van der Waals surface area contributed by atoms with E-state index in [4.69, 9.17) is 9.47 Å². The Morgan fingerprint density at radius 1 is 1.43 bits per heavy atom. The second kappa shape index (κ2) is 4.68. The van der Waals surface area contributed by atoms with Crippen molar-refractivity contribution in [2.75, 3.05) is 6.54 Å². The third kappa shape index (κ3) is 1.82. The van der Waals surface area contributed by atoms with Crippen LogP contribution >= 0.6 is 0 Å². The van der Waals surface area contributed by atoms with Crippen LogP contribution < -0.4 is 0 Å². The lowest BCUT2D eigenvalue weighted by atomic mass is 9.76. The third-order valence-corrected chi connectivity index (χ3v) is 5.65. The lowest BCUT2D eigenvalue weighted by molar-refractivity contribution is -0.204. The summed E-state index contributed by atoms with van der Waals surface area (Å²) in [5, 5.41) is 11.3. The minimum absolute atomic E-state index is 0.168. The molecule has 0 radical (unpaired) electrons. The lowest BCUT2D eigenvalue weighted by Gasteiger charge is -2.40. The molecule has 4 aliphatic rings. The van der Waals surface area contributed by atoms with E-state index >= 15 is 0 Å². The molecule has 0 bridgehead atoms. The zero-order chi connectivity index (χ0) is 16.4.